The molecule has 0 aromatic heterocycles. The molecule has 0 amide bonds. The molecule has 0 bridgehead atoms. The van der Waals surface area contributed by atoms with Gasteiger partial charge in [-0.25, -0.2) is 0 Å². The molecule has 2 nitrogen and oxygen atoms in total. The molecule has 1 aliphatic heterocycles. The van der Waals surface area contributed by atoms with Gasteiger partial charge in [-0.15, -0.1) is 0 Å². The highest BCUT2D eigenvalue weighted by Gasteiger charge is 2.48. The van der Waals surface area contributed by atoms with Crippen molar-refractivity contribution in [2.45, 2.75) is 51.0 Å². The van der Waals surface area contributed by atoms with Crippen LogP contribution in [0.5, 0.6) is 0 Å². The molecule has 2 atom stereocenters. The fourth-order valence-electron chi connectivity index (χ4n) is 4.02. The van der Waals surface area contributed by atoms with E-state index in [0.29, 0.717) is 17.4 Å². The van der Waals surface area contributed by atoms with Crippen LogP contribution in [0.15, 0.2) is 0 Å². The number of rotatable bonds is 1. The lowest BCUT2D eigenvalue weighted by Crippen LogP contribution is -2.59. The van der Waals surface area contributed by atoms with Crippen LogP contribution in [0, 0.1) is 22.7 Å². The molecule has 1 heterocycles. The van der Waals surface area contributed by atoms with Crippen molar-refractivity contribution >= 4 is 0 Å². The average Bonchev–Trinajstić information content (AvgIpc) is 2.83. The summed E-state index contributed by atoms with van der Waals surface area (Å²) in [5.41, 5.74) is 0.697. The number of nitrogens with zero attached hydrogens (tertiary/aromatic N) is 2. The molecule has 3 aliphatic rings. The summed E-state index contributed by atoms with van der Waals surface area (Å²) in [5.74, 6) is 0.337. The summed E-state index contributed by atoms with van der Waals surface area (Å²) in [4.78, 5) is 2.60. The van der Waals surface area contributed by atoms with E-state index >= 15 is 0 Å². The molecule has 0 N–H and O–H groups in total. The summed E-state index contributed by atoms with van der Waals surface area (Å²) in [6.07, 6.45) is 9.48. The Morgan fingerprint density at radius 1 is 1.07 bits per heavy atom. The SMILES string of the molecule is N#CC1CCCC1N1CC2(CCCC2)C1. The predicted molar refractivity (Wildman–Crippen MR) is 59.2 cm³/mol. The van der Waals surface area contributed by atoms with Crippen molar-refractivity contribution in [3.63, 3.8) is 0 Å². The van der Waals surface area contributed by atoms with Gasteiger partial charge in [0.2, 0.25) is 0 Å². The molecular weight excluding hydrogens is 184 g/mol. The van der Waals surface area contributed by atoms with Gasteiger partial charge in [0.15, 0.2) is 0 Å². The Hall–Kier alpha value is -0.550. The molecule has 3 rings (SSSR count). The normalized spacial score (nSPS) is 39.1. The molecular formula is C13H20N2. The highest BCUT2D eigenvalue weighted by Crippen LogP contribution is 2.48. The van der Waals surface area contributed by atoms with Crippen LogP contribution in [0.1, 0.15) is 44.9 Å². The van der Waals surface area contributed by atoms with Gasteiger partial charge in [-0.1, -0.05) is 19.3 Å². The van der Waals surface area contributed by atoms with Gasteiger partial charge in [0.05, 0.1) is 12.0 Å². The summed E-state index contributed by atoms with van der Waals surface area (Å²) in [6, 6.07) is 3.11. The highest BCUT2D eigenvalue weighted by molar-refractivity contribution is 5.05. The Labute approximate surface area is 92.3 Å². The van der Waals surface area contributed by atoms with Crippen LogP contribution in [0.25, 0.3) is 0 Å². The van der Waals surface area contributed by atoms with E-state index in [4.69, 9.17) is 5.26 Å². The van der Waals surface area contributed by atoms with Gasteiger partial charge in [-0.3, -0.25) is 4.90 Å². The van der Waals surface area contributed by atoms with Crippen LogP contribution in [0.2, 0.25) is 0 Å². The van der Waals surface area contributed by atoms with Gasteiger partial charge in [0, 0.05) is 19.1 Å². The second kappa shape index (κ2) is 3.49. The Morgan fingerprint density at radius 2 is 1.80 bits per heavy atom. The van der Waals surface area contributed by atoms with Crippen molar-refractivity contribution < 1.29 is 0 Å². The second-order valence-corrected chi connectivity index (χ2v) is 5.85. The molecule has 2 heteroatoms. The van der Waals surface area contributed by atoms with Crippen LogP contribution in [0.3, 0.4) is 0 Å². The molecule has 0 aromatic rings. The van der Waals surface area contributed by atoms with Gasteiger partial charge < -0.3 is 0 Å². The van der Waals surface area contributed by atoms with Crippen LogP contribution in [-0.4, -0.2) is 24.0 Å². The third kappa shape index (κ3) is 1.49. The fraction of sp³-hybridized carbons (Fsp3) is 0.923. The minimum absolute atomic E-state index is 0.337. The molecule has 0 aromatic carbocycles. The topological polar surface area (TPSA) is 27.0 Å². The maximum Gasteiger partial charge on any atom is 0.0672 e. The minimum Gasteiger partial charge on any atom is -0.298 e. The summed E-state index contributed by atoms with van der Waals surface area (Å²) >= 11 is 0. The largest absolute Gasteiger partial charge is 0.298 e. The van der Waals surface area contributed by atoms with E-state index in [0.717, 1.165) is 6.42 Å². The minimum atomic E-state index is 0.337. The number of hydrogen-bond acceptors (Lipinski definition) is 2. The predicted octanol–water partition coefficient (Wildman–Crippen LogP) is 2.55. The first kappa shape index (κ1) is 9.66. The molecule has 2 aliphatic carbocycles. The summed E-state index contributed by atoms with van der Waals surface area (Å²) in [5, 5.41) is 9.09. The van der Waals surface area contributed by atoms with Crippen molar-refractivity contribution in [1.29, 1.82) is 5.26 Å². The lowest BCUT2D eigenvalue weighted by molar-refractivity contribution is -0.0320. The third-order valence-electron chi connectivity index (χ3n) is 4.86. The summed E-state index contributed by atoms with van der Waals surface area (Å²) < 4.78 is 0. The second-order valence-electron chi connectivity index (χ2n) is 5.85. The molecule has 1 spiro atoms. The maximum absolute atomic E-state index is 9.09. The lowest BCUT2D eigenvalue weighted by atomic mass is 9.76. The molecule has 3 fully saturated rings. The molecule has 2 unspecified atom stereocenters. The van der Waals surface area contributed by atoms with Gasteiger partial charge >= 0.3 is 0 Å². The zero-order valence-corrected chi connectivity index (χ0v) is 9.41. The van der Waals surface area contributed by atoms with Gasteiger partial charge in [0.25, 0.3) is 0 Å². The third-order valence-corrected chi connectivity index (χ3v) is 4.86. The van der Waals surface area contributed by atoms with E-state index in [1.54, 1.807) is 0 Å². The van der Waals surface area contributed by atoms with Crippen molar-refractivity contribution in [1.82, 2.24) is 4.90 Å². The monoisotopic (exact) mass is 204 g/mol. The lowest BCUT2D eigenvalue weighted by Gasteiger charge is -2.52. The maximum atomic E-state index is 9.09. The fourth-order valence-corrected chi connectivity index (χ4v) is 4.02. The van der Waals surface area contributed by atoms with E-state index in [1.807, 2.05) is 0 Å². The molecule has 0 radical (unpaired) electrons. The number of hydrogen-bond donors (Lipinski definition) is 0. The average molecular weight is 204 g/mol. The number of likely N-dealkylation sites (tertiary alicyclic amines) is 1. The van der Waals surface area contributed by atoms with E-state index in [-0.39, 0.29) is 0 Å². The molecule has 15 heavy (non-hydrogen) atoms. The van der Waals surface area contributed by atoms with Crippen molar-refractivity contribution in [2.24, 2.45) is 11.3 Å². The summed E-state index contributed by atoms with van der Waals surface area (Å²) in [7, 11) is 0. The zero-order valence-electron chi connectivity index (χ0n) is 9.41. The first-order valence-electron chi connectivity index (χ1n) is 6.47. The van der Waals surface area contributed by atoms with Crippen molar-refractivity contribution in [3.8, 4) is 6.07 Å². The first-order chi connectivity index (χ1) is 7.33. The Balaban J connectivity index is 1.60. The van der Waals surface area contributed by atoms with Crippen LogP contribution >= 0.6 is 0 Å². The van der Waals surface area contributed by atoms with Crippen molar-refractivity contribution in [3.05, 3.63) is 0 Å². The Bertz CT molecular complexity index is 277. The summed E-state index contributed by atoms with van der Waals surface area (Å²) in [6.45, 7) is 2.60. The van der Waals surface area contributed by atoms with Gasteiger partial charge in [0.1, 0.15) is 0 Å². The van der Waals surface area contributed by atoms with E-state index in [1.165, 1.54) is 51.6 Å². The molecule has 82 valence electrons. The Kier molecular flexibility index (Phi) is 2.25. The highest BCUT2D eigenvalue weighted by atomic mass is 15.2. The van der Waals surface area contributed by atoms with Gasteiger partial charge in [-0.2, -0.15) is 5.26 Å². The van der Waals surface area contributed by atoms with Crippen LogP contribution in [-0.2, 0) is 0 Å². The van der Waals surface area contributed by atoms with E-state index in [2.05, 4.69) is 11.0 Å². The van der Waals surface area contributed by atoms with Crippen LogP contribution < -0.4 is 0 Å². The van der Waals surface area contributed by atoms with Gasteiger partial charge in [-0.05, 0) is 31.1 Å². The van der Waals surface area contributed by atoms with Crippen LogP contribution in [0.4, 0.5) is 0 Å². The molecule has 2 saturated carbocycles. The van der Waals surface area contributed by atoms with Crippen molar-refractivity contribution in [2.75, 3.05) is 13.1 Å². The number of nitriles is 1. The smallest absolute Gasteiger partial charge is 0.0672 e. The zero-order chi connectivity index (χ0) is 10.3. The standard InChI is InChI=1S/C13H20N2/c14-8-11-4-3-5-12(11)15-9-13(10-15)6-1-2-7-13/h11-12H,1-7,9-10H2. The molecule has 1 saturated heterocycles. The first-order valence-corrected chi connectivity index (χ1v) is 6.47. The Morgan fingerprint density at radius 3 is 2.47 bits per heavy atom. The quantitative estimate of drug-likeness (QED) is 0.656. The van der Waals surface area contributed by atoms with E-state index in [9.17, 15) is 0 Å². The van der Waals surface area contributed by atoms with E-state index < -0.39 is 0 Å².